The Morgan fingerprint density at radius 1 is 1.19 bits per heavy atom. The van der Waals surface area contributed by atoms with Crippen molar-refractivity contribution in [1.29, 1.82) is 0 Å². The minimum absolute atomic E-state index is 0.0452. The van der Waals surface area contributed by atoms with Gasteiger partial charge in [-0.3, -0.25) is 4.79 Å². The molecule has 3 rings (SSSR count). The summed E-state index contributed by atoms with van der Waals surface area (Å²) in [5.74, 6) is -0.914. The first-order valence-corrected chi connectivity index (χ1v) is 8.74. The summed E-state index contributed by atoms with van der Waals surface area (Å²) >= 11 is 1.06. The SMILES string of the molecule is COC(=O)c1ccc(NC(=O)CSc2nnc(-c3cccc(F)c3)o2)cc1. The quantitative estimate of drug-likeness (QED) is 0.512. The van der Waals surface area contributed by atoms with E-state index in [1.165, 1.54) is 19.2 Å². The molecule has 1 aromatic heterocycles. The lowest BCUT2D eigenvalue weighted by Crippen LogP contribution is -2.14. The van der Waals surface area contributed by atoms with Gasteiger partial charge < -0.3 is 14.5 Å². The molecule has 0 saturated heterocycles. The third-order valence-electron chi connectivity index (χ3n) is 3.39. The van der Waals surface area contributed by atoms with Crippen molar-refractivity contribution in [3.8, 4) is 11.5 Å². The van der Waals surface area contributed by atoms with Crippen LogP contribution in [0, 0.1) is 5.82 Å². The summed E-state index contributed by atoms with van der Waals surface area (Å²) in [7, 11) is 1.30. The molecule has 0 aliphatic rings. The number of halogens is 1. The van der Waals surface area contributed by atoms with Crippen molar-refractivity contribution >= 4 is 29.3 Å². The van der Waals surface area contributed by atoms with Crippen molar-refractivity contribution < 1.29 is 23.1 Å². The van der Waals surface area contributed by atoms with Gasteiger partial charge in [0, 0.05) is 11.3 Å². The number of esters is 1. The lowest BCUT2D eigenvalue weighted by atomic mass is 10.2. The van der Waals surface area contributed by atoms with Crippen molar-refractivity contribution in [1.82, 2.24) is 10.2 Å². The number of carbonyl (C=O) groups is 2. The number of methoxy groups -OCH3 is 1. The van der Waals surface area contributed by atoms with Gasteiger partial charge in [0.25, 0.3) is 5.22 Å². The molecule has 0 spiro atoms. The zero-order valence-corrected chi connectivity index (χ0v) is 15.0. The van der Waals surface area contributed by atoms with Crippen LogP contribution in [0.15, 0.2) is 58.2 Å². The van der Waals surface area contributed by atoms with Crippen LogP contribution in [-0.4, -0.2) is 34.9 Å². The van der Waals surface area contributed by atoms with Crippen LogP contribution in [0.2, 0.25) is 0 Å². The lowest BCUT2D eigenvalue weighted by Gasteiger charge is -2.05. The lowest BCUT2D eigenvalue weighted by molar-refractivity contribution is -0.113. The highest BCUT2D eigenvalue weighted by atomic mass is 32.2. The molecule has 1 N–H and O–H groups in total. The summed E-state index contributed by atoms with van der Waals surface area (Å²) in [4.78, 5) is 23.4. The molecule has 0 atom stereocenters. The van der Waals surface area contributed by atoms with Gasteiger partial charge in [-0.25, -0.2) is 9.18 Å². The summed E-state index contributed by atoms with van der Waals surface area (Å²) in [6, 6.07) is 12.1. The Kier molecular flexibility index (Phi) is 5.82. The fourth-order valence-corrected chi connectivity index (χ4v) is 2.70. The van der Waals surface area contributed by atoms with E-state index in [1.807, 2.05) is 0 Å². The maximum atomic E-state index is 13.2. The zero-order chi connectivity index (χ0) is 19.2. The fourth-order valence-electron chi connectivity index (χ4n) is 2.14. The molecule has 0 bridgehead atoms. The smallest absolute Gasteiger partial charge is 0.337 e. The van der Waals surface area contributed by atoms with E-state index in [0.29, 0.717) is 16.8 Å². The average Bonchev–Trinajstić information content (AvgIpc) is 3.15. The molecule has 9 heteroatoms. The molecule has 138 valence electrons. The van der Waals surface area contributed by atoms with Crippen molar-refractivity contribution in [2.45, 2.75) is 5.22 Å². The van der Waals surface area contributed by atoms with Crippen molar-refractivity contribution in [2.75, 3.05) is 18.2 Å². The maximum absolute atomic E-state index is 13.2. The number of carbonyl (C=O) groups excluding carboxylic acids is 2. The van der Waals surface area contributed by atoms with Crippen LogP contribution in [0.25, 0.3) is 11.5 Å². The number of ether oxygens (including phenoxy) is 1. The number of rotatable bonds is 6. The third-order valence-corrected chi connectivity index (χ3v) is 4.21. The van der Waals surface area contributed by atoms with E-state index in [4.69, 9.17) is 4.42 Å². The van der Waals surface area contributed by atoms with Gasteiger partial charge in [0.1, 0.15) is 5.82 Å². The first-order chi connectivity index (χ1) is 13.0. The van der Waals surface area contributed by atoms with Crippen molar-refractivity contribution in [2.24, 2.45) is 0 Å². The number of benzene rings is 2. The van der Waals surface area contributed by atoms with Gasteiger partial charge in [-0.1, -0.05) is 17.8 Å². The van der Waals surface area contributed by atoms with Crippen molar-refractivity contribution in [3.05, 3.63) is 59.9 Å². The largest absolute Gasteiger partial charge is 0.465 e. The Labute approximate surface area is 157 Å². The number of hydrogen-bond donors (Lipinski definition) is 1. The summed E-state index contributed by atoms with van der Waals surface area (Å²) in [5.41, 5.74) is 1.39. The average molecular weight is 387 g/mol. The van der Waals surface area contributed by atoms with E-state index in [0.717, 1.165) is 11.8 Å². The highest BCUT2D eigenvalue weighted by Gasteiger charge is 2.12. The number of thioether (sulfide) groups is 1. The minimum Gasteiger partial charge on any atom is -0.465 e. The Morgan fingerprint density at radius 2 is 1.96 bits per heavy atom. The first-order valence-electron chi connectivity index (χ1n) is 7.75. The monoisotopic (exact) mass is 387 g/mol. The molecular weight excluding hydrogens is 373 g/mol. The number of nitrogens with one attached hydrogen (secondary N) is 1. The summed E-state index contributed by atoms with van der Waals surface area (Å²) < 4.78 is 23.3. The standard InChI is InChI=1S/C18H14FN3O4S/c1-25-17(24)11-5-7-14(8-6-11)20-15(23)10-27-18-22-21-16(26-18)12-3-2-4-13(19)9-12/h2-9H,10H2,1H3,(H,20,23). The second-order valence-electron chi connectivity index (χ2n) is 5.29. The molecular formula is C18H14FN3O4S. The molecule has 27 heavy (non-hydrogen) atoms. The normalized spacial score (nSPS) is 10.4. The van der Waals surface area contributed by atoms with E-state index in [1.54, 1.807) is 36.4 Å². The van der Waals surface area contributed by atoms with Crippen LogP contribution >= 0.6 is 11.8 Å². The Bertz CT molecular complexity index is 959. The predicted octanol–water partition coefficient (Wildman–Crippen LogP) is 3.39. The molecule has 0 saturated carbocycles. The summed E-state index contributed by atoms with van der Waals surface area (Å²) in [6.45, 7) is 0. The molecule has 1 heterocycles. The van der Waals surface area contributed by atoms with E-state index < -0.39 is 11.8 Å². The number of anilines is 1. The van der Waals surface area contributed by atoms with Crippen molar-refractivity contribution in [3.63, 3.8) is 0 Å². The molecule has 2 aromatic carbocycles. The Balaban J connectivity index is 1.54. The van der Waals surface area contributed by atoms with Gasteiger partial charge in [0.05, 0.1) is 18.4 Å². The van der Waals surface area contributed by atoms with Crippen LogP contribution in [0.1, 0.15) is 10.4 Å². The van der Waals surface area contributed by atoms with Gasteiger partial charge in [-0.2, -0.15) is 0 Å². The van der Waals surface area contributed by atoms with Gasteiger partial charge in [0.2, 0.25) is 11.8 Å². The van der Waals surface area contributed by atoms with Crippen LogP contribution in [0.5, 0.6) is 0 Å². The maximum Gasteiger partial charge on any atom is 0.337 e. The predicted molar refractivity (Wildman–Crippen MR) is 96.8 cm³/mol. The molecule has 3 aromatic rings. The zero-order valence-electron chi connectivity index (χ0n) is 14.1. The van der Waals surface area contributed by atoms with Gasteiger partial charge in [0.15, 0.2) is 0 Å². The number of hydrogen-bond acceptors (Lipinski definition) is 7. The molecule has 7 nitrogen and oxygen atoms in total. The van der Waals surface area contributed by atoms with Crippen LogP contribution < -0.4 is 5.32 Å². The molecule has 0 fully saturated rings. The number of amides is 1. The fraction of sp³-hybridized carbons (Fsp3) is 0.111. The highest BCUT2D eigenvalue weighted by Crippen LogP contribution is 2.23. The van der Waals surface area contributed by atoms with E-state index in [-0.39, 0.29) is 22.8 Å². The van der Waals surface area contributed by atoms with Crippen LogP contribution in [-0.2, 0) is 9.53 Å². The molecule has 0 aliphatic heterocycles. The summed E-state index contributed by atoms with van der Waals surface area (Å²) in [6.07, 6.45) is 0. The highest BCUT2D eigenvalue weighted by molar-refractivity contribution is 7.99. The van der Waals surface area contributed by atoms with Gasteiger partial charge >= 0.3 is 5.97 Å². The first kappa shape index (κ1) is 18.6. The second kappa shape index (κ2) is 8.45. The van der Waals surface area contributed by atoms with Gasteiger partial charge in [-0.05, 0) is 42.5 Å². The third kappa shape index (κ3) is 4.91. The van der Waals surface area contributed by atoms with E-state index in [2.05, 4.69) is 20.3 Å². The molecule has 0 unspecified atom stereocenters. The topological polar surface area (TPSA) is 94.3 Å². The van der Waals surface area contributed by atoms with Crippen LogP contribution in [0.3, 0.4) is 0 Å². The minimum atomic E-state index is -0.450. The van der Waals surface area contributed by atoms with Gasteiger partial charge in [-0.15, -0.1) is 10.2 Å². The molecule has 0 aliphatic carbocycles. The van der Waals surface area contributed by atoms with E-state index >= 15 is 0 Å². The Morgan fingerprint density at radius 3 is 2.67 bits per heavy atom. The Hall–Kier alpha value is -3.20. The van der Waals surface area contributed by atoms with E-state index in [9.17, 15) is 14.0 Å². The second-order valence-corrected chi connectivity index (χ2v) is 6.22. The number of nitrogens with zero attached hydrogens (tertiary/aromatic N) is 2. The van der Waals surface area contributed by atoms with Crippen LogP contribution in [0.4, 0.5) is 10.1 Å². The number of aromatic nitrogens is 2. The molecule has 1 amide bonds. The molecule has 0 radical (unpaired) electrons. The summed E-state index contributed by atoms with van der Waals surface area (Å²) in [5, 5.41) is 10.6.